The van der Waals surface area contributed by atoms with Gasteiger partial charge in [-0.3, -0.25) is 4.79 Å². The smallest absolute Gasteiger partial charge is 0.243 e. The summed E-state index contributed by atoms with van der Waals surface area (Å²) >= 11 is 0. The Kier molecular flexibility index (Phi) is 7.46. The van der Waals surface area contributed by atoms with Gasteiger partial charge in [-0.25, -0.2) is 0 Å². The van der Waals surface area contributed by atoms with Gasteiger partial charge in [0.05, 0.1) is 20.3 Å². The van der Waals surface area contributed by atoms with E-state index in [2.05, 4.69) is 5.32 Å². The summed E-state index contributed by atoms with van der Waals surface area (Å²) in [4.78, 5) is 10.5. The molecule has 1 aromatic carbocycles. The van der Waals surface area contributed by atoms with Crippen molar-refractivity contribution in [1.82, 2.24) is 5.32 Å². The van der Waals surface area contributed by atoms with Crippen LogP contribution in [0.4, 0.5) is 0 Å². The molecule has 0 spiro atoms. The van der Waals surface area contributed by atoms with Crippen molar-refractivity contribution in [1.29, 1.82) is 0 Å². The van der Waals surface area contributed by atoms with Crippen molar-refractivity contribution in [3.63, 3.8) is 0 Å². The van der Waals surface area contributed by atoms with Gasteiger partial charge in [0.15, 0.2) is 11.5 Å². The molecule has 20 heavy (non-hydrogen) atoms. The van der Waals surface area contributed by atoms with Crippen LogP contribution in [0.25, 0.3) is 0 Å². The minimum absolute atomic E-state index is 0.0430. The van der Waals surface area contributed by atoms with E-state index < -0.39 is 5.91 Å². The maximum Gasteiger partial charge on any atom is 0.243 e. The normalized spacial score (nSPS) is 10.3. The predicted octanol–water partition coefficient (Wildman–Crippen LogP) is 0.685. The summed E-state index contributed by atoms with van der Waals surface area (Å²) in [5.74, 6) is 1.00. The monoisotopic (exact) mass is 282 g/mol. The lowest BCUT2D eigenvalue weighted by Crippen LogP contribution is -2.23. The summed E-state index contributed by atoms with van der Waals surface area (Å²) < 4.78 is 15.8. The Morgan fingerprint density at radius 2 is 2.15 bits per heavy atom. The van der Waals surface area contributed by atoms with Gasteiger partial charge in [-0.05, 0) is 24.6 Å². The molecule has 0 radical (unpaired) electrons. The maximum atomic E-state index is 10.5. The lowest BCUT2D eigenvalue weighted by molar-refractivity contribution is -0.122. The molecule has 0 saturated carbocycles. The topological polar surface area (TPSA) is 82.8 Å². The Bertz CT molecular complexity index is 424. The van der Waals surface area contributed by atoms with Crippen molar-refractivity contribution in [2.24, 2.45) is 5.73 Å². The van der Waals surface area contributed by atoms with Gasteiger partial charge in [-0.15, -0.1) is 0 Å². The molecule has 0 atom stereocenters. The number of hydrogen-bond donors (Lipinski definition) is 2. The maximum absolute atomic E-state index is 10.5. The first-order chi connectivity index (χ1) is 9.67. The molecule has 0 heterocycles. The van der Waals surface area contributed by atoms with Crippen molar-refractivity contribution >= 4 is 5.91 Å². The summed E-state index contributed by atoms with van der Waals surface area (Å²) in [7, 11) is 1.62. The number of methoxy groups -OCH3 is 1. The lowest BCUT2D eigenvalue weighted by atomic mass is 10.2. The number of rotatable bonds is 10. The van der Waals surface area contributed by atoms with E-state index in [1.54, 1.807) is 7.11 Å². The van der Waals surface area contributed by atoms with E-state index in [1.165, 1.54) is 0 Å². The summed E-state index contributed by atoms with van der Waals surface area (Å²) in [5.41, 5.74) is 6.05. The van der Waals surface area contributed by atoms with Crippen LogP contribution in [-0.4, -0.2) is 39.4 Å². The van der Waals surface area contributed by atoms with Gasteiger partial charge < -0.3 is 25.3 Å². The zero-order chi connectivity index (χ0) is 14.8. The van der Waals surface area contributed by atoms with E-state index in [-0.39, 0.29) is 6.61 Å². The molecule has 0 bridgehead atoms. The standard InChI is InChI=1S/C14H22N2O4/c1-3-20-13-8-11(4-5-12(13)18-2)9-16-6-7-19-10-14(15)17/h4-5,8,16H,3,6-7,9-10H2,1-2H3,(H2,15,17). The molecule has 112 valence electrons. The van der Waals surface area contributed by atoms with Gasteiger partial charge in [0.1, 0.15) is 6.61 Å². The molecule has 0 aliphatic heterocycles. The lowest BCUT2D eigenvalue weighted by Gasteiger charge is -2.11. The molecule has 0 fully saturated rings. The van der Waals surface area contributed by atoms with Gasteiger partial charge in [0, 0.05) is 13.1 Å². The Morgan fingerprint density at radius 3 is 2.80 bits per heavy atom. The van der Waals surface area contributed by atoms with E-state index >= 15 is 0 Å². The number of amides is 1. The largest absolute Gasteiger partial charge is 0.493 e. The highest BCUT2D eigenvalue weighted by molar-refractivity contribution is 5.74. The molecule has 0 aliphatic rings. The number of carbonyl (C=O) groups is 1. The van der Waals surface area contributed by atoms with Crippen LogP contribution in [0.2, 0.25) is 0 Å². The molecule has 3 N–H and O–H groups in total. The molecule has 0 saturated heterocycles. The number of carbonyl (C=O) groups excluding carboxylic acids is 1. The third-order valence-electron chi connectivity index (χ3n) is 2.52. The third-order valence-corrected chi connectivity index (χ3v) is 2.52. The van der Waals surface area contributed by atoms with E-state index in [0.29, 0.717) is 26.3 Å². The van der Waals surface area contributed by atoms with Crippen molar-refractivity contribution in [2.45, 2.75) is 13.5 Å². The minimum Gasteiger partial charge on any atom is -0.493 e. The van der Waals surface area contributed by atoms with Crippen LogP contribution < -0.4 is 20.5 Å². The van der Waals surface area contributed by atoms with Crippen LogP contribution in [0, 0.1) is 0 Å². The van der Waals surface area contributed by atoms with Gasteiger partial charge in [0.25, 0.3) is 0 Å². The van der Waals surface area contributed by atoms with Crippen LogP contribution in [0.3, 0.4) is 0 Å². The fraction of sp³-hybridized carbons (Fsp3) is 0.500. The number of nitrogens with one attached hydrogen (secondary N) is 1. The SMILES string of the molecule is CCOc1cc(CNCCOCC(N)=O)ccc1OC. The molecular formula is C14H22N2O4. The van der Waals surface area contributed by atoms with Crippen molar-refractivity contribution in [3.05, 3.63) is 23.8 Å². The molecular weight excluding hydrogens is 260 g/mol. The van der Waals surface area contributed by atoms with Crippen LogP contribution in [-0.2, 0) is 16.1 Å². The second-order valence-corrected chi connectivity index (χ2v) is 4.11. The zero-order valence-corrected chi connectivity index (χ0v) is 12.0. The van der Waals surface area contributed by atoms with Crippen LogP contribution >= 0.6 is 0 Å². The molecule has 0 aliphatic carbocycles. The second-order valence-electron chi connectivity index (χ2n) is 4.11. The van der Waals surface area contributed by atoms with Gasteiger partial charge in [-0.2, -0.15) is 0 Å². The first kappa shape index (κ1) is 16.3. The number of primary amides is 1. The van der Waals surface area contributed by atoms with Gasteiger partial charge in [0.2, 0.25) is 5.91 Å². The highest BCUT2D eigenvalue weighted by Crippen LogP contribution is 2.27. The Balaban J connectivity index is 2.36. The summed E-state index contributed by atoms with van der Waals surface area (Å²) in [6.45, 7) is 4.25. The quantitative estimate of drug-likeness (QED) is 0.617. The summed E-state index contributed by atoms with van der Waals surface area (Å²) in [6.07, 6.45) is 0. The van der Waals surface area contributed by atoms with Crippen molar-refractivity contribution in [2.75, 3.05) is 33.5 Å². The second kappa shape index (κ2) is 9.17. The van der Waals surface area contributed by atoms with Crippen molar-refractivity contribution in [3.8, 4) is 11.5 Å². The average Bonchev–Trinajstić information content (AvgIpc) is 2.43. The van der Waals surface area contributed by atoms with E-state index in [1.807, 2.05) is 25.1 Å². The molecule has 1 rings (SSSR count). The molecule has 0 aromatic heterocycles. The van der Waals surface area contributed by atoms with Gasteiger partial charge >= 0.3 is 0 Å². The molecule has 1 amide bonds. The fourth-order valence-corrected chi connectivity index (χ4v) is 1.65. The molecule has 6 nitrogen and oxygen atoms in total. The Hall–Kier alpha value is -1.79. The Labute approximate surface area is 119 Å². The zero-order valence-electron chi connectivity index (χ0n) is 12.0. The van der Waals surface area contributed by atoms with Crippen molar-refractivity contribution < 1.29 is 19.0 Å². The number of benzene rings is 1. The molecule has 6 heteroatoms. The van der Waals surface area contributed by atoms with E-state index in [4.69, 9.17) is 19.9 Å². The first-order valence-corrected chi connectivity index (χ1v) is 6.53. The van der Waals surface area contributed by atoms with Crippen LogP contribution in [0.15, 0.2) is 18.2 Å². The highest BCUT2D eigenvalue weighted by atomic mass is 16.5. The molecule has 0 unspecified atom stereocenters. The Morgan fingerprint density at radius 1 is 1.35 bits per heavy atom. The predicted molar refractivity (Wildman–Crippen MR) is 75.9 cm³/mol. The minimum atomic E-state index is -0.457. The molecule has 1 aromatic rings. The fourth-order valence-electron chi connectivity index (χ4n) is 1.65. The average molecular weight is 282 g/mol. The summed E-state index contributed by atoms with van der Waals surface area (Å²) in [6, 6.07) is 5.80. The van der Waals surface area contributed by atoms with E-state index in [0.717, 1.165) is 17.1 Å². The third kappa shape index (κ3) is 5.90. The number of nitrogens with two attached hydrogens (primary N) is 1. The van der Waals surface area contributed by atoms with Crippen LogP contribution in [0.5, 0.6) is 11.5 Å². The summed E-state index contributed by atoms with van der Waals surface area (Å²) in [5, 5.41) is 3.21. The van der Waals surface area contributed by atoms with Gasteiger partial charge in [-0.1, -0.05) is 6.07 Å². The number of ether oxygens (including phenoxy) is 3. The first-order valence-electron chi connectivity index (χ1n) is 6.53. The number of hydrogen-bond acceptors (Lipinski definition) is 5. The van der Waals surface area contributed by atoms with Crippen LogP contribution in [0.1, 0.15) is 12.5 Å². The van der Waals surface area contributed by atoms with E-state index in [9.17, 15) is 4.79 Å². The highest BCUT2D eigenvalue weighted by Gasteiger charge is 2.05.